The number of hydrogen-bond acceptors (Lipinski definition) is 2. The summed E-state index contributed by atoms with van der Waals surface area (Å²) in [5.41, 5.74) is 1.40. The minimum Gasteiger partial charge on any atom is -0.342 e. The Hall–Kier alpha value is -1.82. The molecule has 0 bridgehead atoms. The van der Waals surface area contributed by atoms with E-state index in [1.54, 1.807) is 6.07 Å². The molecule has 3 nitrogen and oxygen atoms in total. The molecule has 2 rings (SSSR count). The quantitative estimate of drug-likeness (QED) is 0.846. The molecule has 0 spiro atoms. The Bertz CT molecular complexity index is 510. The number of rotatable bonds is 3. The zero-order valence-corrected chi connectivity index (χ0v) is 12.0. The minimum absolute atomic E-state index is 0.120. The molecule has 1 saturated heterocycles. The highest BCUT2D eigenvalue weighted by Crippen LogP contribution is 2.27. The molecule has 1 fully saturated rings. The molecule has 1 unspecified atom stereocenters. The van der Waals surface area contributed by atoms with Crippen LogP contribution in [0.1, 0.15) is 43.2 Å². The zero-order chi connectivity index (χ0) is 14.5. The van der Waals surface area contributed by atoms with E-state index >= 15 is 0 Å². The number of benzene rings is 1. The highest BCUT2D eigenvalue weighted by Gasteiger charge is 2.28. The lowest BCUT2D eigenvalue weighted by Crippen LogP contribution is -2.40. The first kappa shape index (κ1) is 14.6. The summed E-state index contributed by atoms with van der Waals surface area (Å²) in [5, 5.41) is 9.19. The van der Waals surface area contributed by atoms with Gasteiger partial charge in [-0.25, -0.2) is 0 Å². The zero-order valence-electron chi connectivity index (χ0n) is 12.0. The van der Waals surface area contributed by atoms with Gasteiger partial charge in [0.05, 0.1) is 17.6 Å². The molecule has 1 aromatic carbocycles. The van der Waals surface area contributed by atoms with Gasteiger partial charge in [-0.2, -0.15) is 5.26 Å². The van der Waals surface area contributed by atoms with Gasteiger partial charge in [-0.3, -0.25) is 4.79 Å². The van der Waals surface area contributed by atoms with Crippen molar-refractivity contribution in [1.29, 1.82) is 5.26 Å². The Morgan fingerprint density at radius 2 is 2.10 bits per heavy atom. The van der Waals surface area contributed by atoms with Gasteiger partial charge >= 0.3 is 0 Å². The summed E-state index contributed by atoms with van der Waals surface area (Å²) in [4.78, 5) is 14.6. The Morgan fingerprint density at radius 3 is 2.70 bits per heavy atom. The van der Waals surface area contributed by atoms with Gasteiger partial charge < -0.3 is 4.90 Å². The van der Waals surface area contributed by atoms with Crippen LogP contribution in [0.25, 0.3) is 0 Å². The Morgan fingerprint density at radius 1 is 1.45 bits per heavy atom. The maximum atomic E-state index is 12.7. The molecule has 1 radical (unpaired) electrons. The fourth-order valence-corrected chi connectivity index (χ4v) is 2.76. The summed E-state index contributed by atoms with van der Waals surface area (Å²) in [6.45, 7) is 7.79. The van der Waals surface area contributed by atoms with E-state index in [2.05, 4.69) is 19.9 Å². The smallest absolute Gasteiger partial charge is 0.230 e. The number of piperidine rings is 1. The second-order valence-electron chi connectivity index (χ2n) is 5.55. The Labute approximate surface area is 121 Å². The molecule has 20 heavy (non-hydrogen) atoms. The first-order valence-corrected chi connectivity index (χ1v) is 7.24. The molecule has 1 aliphatic heterocycles. The average Bonchev–Trinajstić information content (AvgIpc) is 2.49. The maximum absolute atomic E-state index is 12.7. The van der Waals surface area contributed by atoms with Crippen molar-refractivity contribution in [3.63, 3.8) is 0 Å². The monoisotopic (exact) mass is 269 g/mol. The van der Waals surface area contributed by atoms with Gasteiger partial charge in [-0.15, -0.1) is 0 Å². The number of likely N-dealkylation sites (tertiary alicyclic amines) is 1. The van der Waals surface area contributed by atoms with Crippen molar-refractivity contribution in [3.8, 4) is 6.07 Å². The number of carbonyl (C=O) groups is 1. The lowest BCUT2D eigenvalue weighted by Gasteiger charge is -2.33. The van der Waals surface area contributed by atoms with E-state index in [0.717, 1.165) is 31.5 Å². The molecular weight excluding hydrogens is 248 g/mol. The molecule has 0 saturated carbocycles. The van der Waals surface area contributed by atoms with E-state index < -0.39 is 0 Å². The summed E-state index contributed by atoms with van der Waals surface area (Å²) in [6.07, 6.45) is 2.62. The normalized spacial score (nSPS) is 17.6. The lowest BCUT2D eigenvalue weighted by atomic mass is 9.90. The molecule has 1 atom stereocenters. The number of amides is 1. The van der Waals surface area contributed by atoms with Crippen LogP contribution in [0.2, 0.25) is 0 Å². The predicted octanol–water partition coefficient (Wildman–Crippen LogP) is 3.12. The van der Waals surface area contributed by atoms with Gasteiger partial charge in [0, 0.05) is 13.1 Å². The van der Waals surface area contributed by atoms with E-state index in [9.17, 15) is 10.1 Å². The van der Waals surface area contributed by atoms with Gasteiger partial charge in [0.1, 0.15) is 0 Å². The first-order chi connectivity index (χ1) is 9.67. The Kier molecular flexibility index (Phi) is 4.79. The average molecular weight is 269 g/mol. The standard InChI is InChI=1S/C17H21N2O/c1-3-15(16-7-5-4-6-14(16)12-18)17(20)19-10-8-13(2)9-11-19/h4-7,13,15H,1,3,8-11H2,2H3. The first-order valence-electron chi connectivity index (χ1n) is 7.24. The number of hydrogen-bond donors (Lipinski definition) is 0. The van der Waals surface area contributed by atoms with Crippen LogP contribution >= 0.6 is 0 Å². The third-order valence-electron chi connectivity index (χ3n) is 4.14. The highest BCUT2D eigenvalue weighted by atomic mass is 16.2. The minimum atomic E-state index is -0.292. The second-order valence-corrected chi connectivity index (χ2v) is 5.55. The maximum Gasteiger partial charge on any atom is 0.230 e. The molecule has 0 aliphatic carbocycles. The largest absolute Gasteiger partial charge is 0.342 e. The molecular formula is C17H21N2O. The molecule has 1 aliphatic rings. The highest BCUT2D eigenvalue weighted by molar-refractivity contribution is 5.84. The van der Waals surface area contributed by atoms with Crippen LogP contribution in [0, 0.1) is 24.2 Å². The Balaban J connectivity index is 2.20. The summed E-state index contributed by atoms with van der Waals surface area (Å²) in [5.74, 6) is 0.525. The predicted molar refractivity (Wildman–Crippen MR) is 78.9 cm³/mol. The van der Waals surface area contributed by atoms with Crippen LogP contribution in [0.5, 0.6) is 0 Å². The van der Waals surface area contributed by atoms with Crippen LogP contribution in [0.3, 0.4) is 0 Å². The molecule has 1 heterocycles. The third-order valence-corrected chi connectivity index (χ3v) is 4.14. The van der Waals surface area contributed by atoms with Crippen molar-refractivity contribution >= 4 is 5.91 Å². The number of nitrogens with zero attached hydrogens (tertiary/aromatic N) is 2. The third kappa shape index (κ3) is 3.01. The van der Waals surface area contributed by atoms with Gasteiger partial charge in [0.2, 0.25) is 5.91 Å². The van der Waals surface area contributed by atoms with E-state index in [1.165, 1.54) is 0 Å². The number of carbonyl (C=O) groups excluding carboxylic acids is 1. The molecule has 1 amide bonds. The fourth-order valence-electron chi connectivity index (χ4n) is 2.76. The molecule has 0 aromatic heterocycles. The molecule has 0 N–H and O–H groups in total. The lowest BCUT2D eigenvalue weighted by molar-refractivity contribution is -0.134. The number of nitriles is 1. The van der Waals surface area contributed by atoms with Crippen LogP contribution in [0.4, 0.5) is 0 Å². The van der Waals surface area contributed by atoms with Crippen molar-refractivity contribution in [3.05, 3.63) is 42.3 Å². The van der Waals surface area contributed by atoms with Crippen molar-refractivity contribution in [2.24, 2.45) is 5.92 Å². The van der Waals surface area contributed by atoms with Crippen molar-refractivity contribution in [2.45, 2.75) is 32.1 Å². The molecule has 1 aromatic rings. The summed E-state index contributed by atoms with van der Waals surface area (Å²) >= 11 is 0. The van der Waals surface area contributed by atoms with Crippen molar-refractivity contribution in [1.82, 2.24) is 4.90 Å². The van der Waals surface area contributed by atoms with Gasteiger partial charge in [-0.05, 0) is 36.8 Å². The summed E-state index contributed by atoms with van der Waals surface area (Å²) in [6, 6.07) is 9.53. The molecule has 105 valence electrons. The van der Waals surface area contributed by atoms with Crippen molar-refractivity contribution in [2.75, 3.05) is 13.1 Å². The van der Waals surface area contributed by atoms with E-state index in [-0.39, 0.29) is 11.8 Å². The van der Waals surface area contributed by atoms with Crippen LogP contribution < -0.4 is 0 Å². The second kappa shape index (κ2) is 6.56. The SMILES string of the molecule is [CH2]CC(C(=O)N1CCC(C)CC1)c1ccccc1C#N. The summed E-state index contributed by atoms with van der Waals surface area (Å²) < 4.78 is 0. The topological polar surface area (TPSA) is 44.1 Å². The summed E-state index contributed by atoms with van der Waals surface area (Å²) in [7, 11) is 0. The van der Waals surface area contributed by atoms with Gasteiger partial charge in [-0.1, -0.05) is 32.0 Å². The molecule has 3 heteroatoms. The van der Waals surface area contributed by atoms with Gasteiger partial charge in [0.15, 0.2) is 0 Å². The van der Waals surface area contributed by atoms with Crippen LogP contribution in [-0.4, -0.2) is 23.9 Å². The van der Waals surface area contributed by atoms with Gasteiger partial charge in [0.25, 0.3) is 0 Å². The van der Waals surface area contributed by atoms with E-state index in [4.69, 9.17) is 0 Å². The van der Waals surface area contributed by atoms with E-state index in [1.807, 2.05) is 23.1 Å². The van der Waals surface area contributed by atoms with Crippen LogP contribution in [0.15, 0.2) is 24.3 Å². The van der Waals surface area contributed by atoms with E-state index in [0.29, 0.717) is 17.9 Å². The van der Waals surface area contributed by atoms with Crippen LogP contribution in [-0.2, 0) is 4.79 Å². The van der Waals surface area contributed by atoms with Crippen molar-refractivity contribution < 1.29 is 4.79 Å². The fraction of sp³-hybridized carbons (Fsp3) is 0.471.